The summed E-state index contributed by atoms with van der Waals surface area (Å²) in [6.45, 7) is 17.9. The topological polar surface area (TPSA) is 56.6 Å². The van der Waals surface area contributed by atoms with E-state index in [1.54, 1.807) is 34.7 Å². The van der Waals surface area contributed by atoms with Crippen LogP contribution in [0, 0.1) is 5.92 Å². The zero-order valence-corrected chi connectivity index (χ0v) is 28.1. The number of halogens is 4. The summed E-state index contributed by atoms with van der Waals surface area (Å²) in [7, 11) is 4.75. The maximum atomic E-state index is 13.3. The molecular formula is C30H45Cl4N3O3. The lowest BCUT2D eigenvalue weighted by Crippen LogP contribution is -2.33. The van der Waals surface area contributed by atoms with Gasteiger partial charge in [0.25, 0.3) is 5.91 Å². The van der Waals surface area contributed by atoms with Crippen molar-refractivity contribution >= 4 is 52.3 Å². The molecule has 1 heterocycles. The summed E-state index contributed by atoms with van der Waals surface area (Å²) in [5.41, 5.74) is 0.328. The van der Waals surface area contributed by atoms with Crippen molar-refractivity contribution in [2.45, 2.75) is 54.0 Å². The molecule has 0 saturated carbocycles. The second-order valence-corrected chi connectivity index (χ2v) is 9.68. The van der Waals surface area contributed by atoms with E-state index in [0.717, 1.165) is 12.8 Å². The number of carbonyl (C=O) groups is 1. The van der Waals surface area contributed by atoms with Crippen LogP contribution in [0.1, 0.15) is 63.6 Å². The zero-order chi connectivity index (χ0) is 31.3. The van der Waals surface area contributed by atoms with Crippen LogP contribution in [0.15, 0.2) is 49.6 Å². The minimum absolute atomic E-state index is 0.206. The number of hydrogen-bond donors (Lipinski definition) is 0. The van der Waals surface area contributed by atoms with Crippen LogP contribution in [0.3, 0.4) is 0 Å². The Morgan fingerprint density at radius 2 is 1.73 bits per heavy atom. The van der Waals surface area contributed by atoms with Gasteiger partial charge >= 0.3 is 0 Å². The summed E-state index contributed by atoms with van der Waals surface area (Å²) < 4.78 is 12.2. The van der Waals surface area contributed by atoms with Gasteiger partial charge in [-0.1, -0.05) is 86.8 Å². The minimum atomic E-state index is -0.234. The fraction of sp³-hybridized carbons (Fsp3) is 0.467. The Kier molecular flexibility index (Phi) is 23.6. The lowest BCUT2D eigenvalue weighted by atomic mass is 10.1. The standard InChI is InChI=1S/C19H24Cl3N3O3.C6H10.C3H5Cl.C2H6/c1-11(2)8-9-25(10-14-23-17(21)18(22)24(14)3)19(26)12-6-7-13(27-4)16(28-5)15(12)20;1-3-5-6-4-2;1-2-3-4;1-2/h6-7,11H,8-10H2,1-5H3;3-4,6H,1,5H2,2H3;2H,1,3H2;1-2H3/b;6-4-;;. The van der Waals surface area contributed by atoms with Crippen molar-refractivity contribution in [2.24, 2.45) is 13.0 Å². The summed E-state index contributed by atoms with van der Waals surface area (Å²) in [6, 6.07) is 3.29. The van der Waals surface area contributed by atoms with Crippen LogP contribution < -0.4 is 9.47 Å². The third kappa shape index (κ3) is 14.0. The summed E-state index contributed by atoms with van der Waals surface area (Å²) in [6.07, 6.45) is 9.41. The van der Waals surface area contributed by atoms with Crippen molar-refractivity contribution in [1.82, 2.24) is 14.5 Å². The maximum absolute atomic E-state index is 13.3. The highest BCUT2D eigenvalue weighted by Gasteiger charge is 2.25. The Hall–Kier alpha value is -2.12. The molecule has 0 radical (unpaired) electrons. The average Bonchev–Trinajstić information content (AvgIpc) is 3.20. The number of rotatable bonds is 11. The third-order valence-corrected chi connectivity index (χ3v) is 6.42. The SMILES string of the molecule is C=CC/C=C\C.C=CCCl.CC.COc1ccc(C(=O)N(CCC(C)C)Cc2nc(Cl)c(Cl)n2C)c(Cl)c1OC. The van der Waals surface area contributed by atoms with Crippen molar-refractivity contribution < 1.29 is 14.3 Å². The van der Waals surface area contributed by atoms with Crippen molar-refractivity contribution in [2.75, 3.05) is 26.6 Å². The van der Waals surface area contributed by atoms with Crippen LogP contribution in [0.25, 0.3) is 0 Å². The number of benzene rings is 1. The Labute approximate surface area is 261 Å². The number of imidazole rings is 1. The summed E-state index contributed by atoms with van der Waals surface area (Å²) in [5.74, 6) is 2.11. The molecule has 226 valence electrons. The van der Waals surface area contributed by atoms with E-state index >= 15 is 0 Å². The van der Waals surface area contributed by atoms with Crippen LogP contribution in [-0.2, 0) is 13.6 Å². The highest BCUT2D eigenvalue weighted by molar-refractivity contribution is 6.40. The summed E-state index contributed by atoms with van der Waals surface area (Å²) in [4.78, 5) is 19.2. The molecule has 0 atom stereocenters. The van der Waals surface area contributed by atoms with Gasteiger partial charge in [0.1, 0.15) is 11.0 Å². The number of nitrogens with zero attached hydrogens (tertiary/aromatic N) is 3. The van der Waals surface area contributed by atoms with Gasteiger partial charge in [-0.2, -0.15) is 0 Å². The predicted molar refractivity (Wildman–Crippen MR) is 174 cm³/mol. The molecule has 0 aliphatic carbocycles. The fourth-order valence-corrected chi connectivity index (χ4v) is 3.60. The van der Waals surface area contributed by atoms with Crippen LogP contribution in [0.5, 0.6) is 11.5 Å². The molecule has 0 aliphatic heterocycles. The van der Waals surface area contributed by atoms with Crippen molar-refractivity contribution in [3.05, 3.63) is 76.3 Å². The Morgan fingerprint density at radius 3 is 2.10 bits per heavy atom. The van der Waals surface area contributed by atoms with Crippen LogP contribution >= 0.6 is 46.4 Å². The van der Waals surface area contributed by atoms with Crippen LogP contribution in [0.2, 0.25) is 15.3 Å². The highest BCUT2D eigenvalue weighted by Crippen LogP contribution is 2.38. The molecule has 0 spiro atoms. The normalized spacial score (nSPS) is 9.93. The first-order chi connectivity index (χ1) is 19.0. The number of amides is 1. The van der Waals surface area contributed by atoms with E-state index in [1.165, 1.54) is 14.2 Å². The van der Waals surface area contributed by atoms with E-state index in [-0.39, 0.29) is 22.6 Å². The Morgan fingerprint density at radius 1 is 1.12 bits per heavy atom. The second kappa shape index (κ2) is 23.6. The fourth-order valence-electron chi connectivity index (χ4n) is 2.92. The molecule has 1 amide bonds. The van der Waals surface area contributed by atoms with Crippen molar-refractivity contribution in [3.8, 4) is 11.5 Å². The van der Waals surface area contributed by atoms with Gasteiger partial charge < -0.3 is 18.9 Å². The van der Waals surface area contributed by atoms with Gasteiger partial charge in [0.2, 0.25) is 0 Å². The molecule has 0 fully saturated rings. The molecule has 2 aromatic rings. The average molecular weight is 638 g/mol. The number of allylic oxidation sites excluding steroid dienone is 4. The van der Waals surface area contributed by atoms with Gasteiger partial charge in [0.15, 0.2) is 16.7 Å². The molecule has 40 heavy (non-hydrogen) atoms. The molecular weight excluding hydrogens is 592 g/mol. The number of alkyl halides is 1. The lowest BCUT2D eigenvalue weighted by molar-refractivity contribution is 0.0729. The lowest BCUT2D eigenvalue weighted by Gasteiger charge is -2.24. The van der Waals surface area contributed by atoms with Crippen LogP contribution in [-0.4, -0.2) is 47.0 Å². The van der Waals surface area contributed by atoms with Gasteiger partial charge in [0, 0.05) is 19.5 Å². The molecule has 0 unspecified atom stereocenters. The molecule has 2 rings (SSSR count). The molecule has 0 bridgehead atoms. The molecule has 1 aromatic carbocycles. The molecule has 0 aliphatic rings. The van der Waals surface area contributed by atoms with E-state index in [9.17, 15) is 4.79 Å². The van der Waals surface area contributed by atoms with Crippen molar-refractivity contribution in [1.29, 1.82) is 0 Å². The highest BCUT2D eigenvalue weighted by atomic mass is 35.5. The van der Waals surface area contributed by atoms with E-state index in [2.05, 4.69) is 38.1 Å². The largest absolute Gasteiger partial charge is 0.493 e. The number of hydrogen-bond acceptors (Lipinski definition) is 4. The number of methoxy groups -OCH3 is 2. The first-order valence-corrected chi connectivity index (χ1v) is 14.7. The van der Waals surface area contributed by atoms with Gasteiger partial charge in [0.05, 0.1) is 31.4 Å². The van der Waals surface area contributed by atoms with Gasteiger partial charge in [-0.15, -0.1) is 24.8 Å². The zero-order valence-electron chi connectivity index (χ0n) is 25.1. The molecule has 6 nitrogen and oxygen atoms in total. The Bertz CT molecular complexity index is 1050. The third-order valence-electron chi connectivity index (χ3n) is 5.04. The Balaban J connectivity index is 0. The van der Waals surface area contributed by atoms with E-state index < -0.39 is 0 Å². The first kappa shape index (κ1) is 40.0. The maximum Gasteiger partial charge on any atom is 0.255 e. The van der Waals surface area contributed by atoms with Crippen molar-refractivity contribution in [3.63, 3.8) is 0 Å². The van der Waals surface area contributed by atoms with E-state index in [1.807, 2.05) is 32.9 Å². The second-order valence-electron chi connectivity index (χ2n) is 8.28. The molecule has 0 N–H and O–H groups in total. The van der Waals surface area contributed by atoms with E-state index in [0.29, 0.717) is 46.4 Å². The number of aromatic nitrogens is 2. The molecule has 0 saturated heterocycles. The monoisotopic (exact) mass is 635 g/mol. The summed E-state index contributed by atoms with van der Waals surface area (Å²) in [5, 5.41) is 0.744. The summed E-state index contributed by atoms with van der Waals surface area (Å²) >= 11 is 23.6. The smallest absolute Gasteiger partial charge is 0.255 e. The quantitative estimate of drug-likeness (QED) is 0.182. The molecule has 1 aromatic heterocycles. The molecule has 10 heteroatoms. The van der Waals surface area contributed by atoms with Gasteiger partial charge in [-0.3, -0.25) is 4.79 Å². The van der Waals surface area contributed by atoms with Gasteiger partial charge in [-0.05, 0) is 37.8 Å². The minimum Gasteiger partial charge on any atom is -0.493 e. The van der Waals surface area contributed by atoms with E-state index in [4.69, 9.17) is 55.9 Å². The predicted octanol–water partition coefficient (Wildman–Crippen LogP) is 9.66. The first-order valence-electron chi connectivity index (χ1n) is 13.0. The van der Waals surface area contributed by atoms with Crippen LogP contribution in [0.4, 0.5) is 0 Å². The number of ether oxygens (including phenoxy) is 2. The number of carbonyl (C=O) groups excluding carboxylic acids is 1. The van der Waals surface area contributed by atoms with Gasteiger partial charge in [-0.25, -0.2) is 4.98 Å².